The van der Waals surface area contributed by atoms with Gasteiger partial charge in [-0.1, -0.05) is 67.0 Å². The number of benzene rings is 1. The first-order valence-corrected chi connectivity index (χ1v) is 13.9. The summed E-state index contributed by atoms with van der Waals surface area (Å²) in [7, 11) is 0. The van der Waals surface area contributed by atoms with Crippen molar-refractivity contribution in [1.29, 1.82) is 0 Å². The molecule has 0 saturated heterocycles. The van der Waals surface area contributed by atoms with E-state index in [2.05, 4.69) is 60.6 Å². The summed E-state index contributed by atoms with van der Waals surface area (Å²) >= 11 is -0.833. The Balaban J connectivity index is 0.000000636. The molecule has 7 nitrogen and oxygen atoms in total. The number of aromatic hydroxyl groups is 1. The van der Waals surface area contributed by atoms with Crippen LogP contribution in [-0.2, 0) is 40.0 Å². The van der Waals surface area contributed by atoms with Crippen molar-refractivity contribution in [2.24, 2.45) is 0 Å². The Bertz CT molecular complexity index is 669. The van der Waals surface area contributed by atoms with Crippen molar-refractivity contribution < 1.29 is 47.4 Å². The zero-order valence-electron chi connectivity index (χ0n) is 16.8. The van der Waals surface area contributed by atoms with Gasteiger partial charge in [-0.15, -0.1) is 0 Å². The Morgan fingerprint density at radius 2 is 1.19 bits per heavy atom. The van der Waals surface area contributed by atoms with Gasteiger partial charge in [0.1, 0.15) is 5.75 Å². The van der Waals surface area contributed by atoms with Crippen LogP contribution in [0.2, 0.25) is 0 Å². The maximum atomic E-state index is 10.6. The van der Waals surface area contributed by atoms with E-state index in [1.54, 1.807) is 0 Å². The van der Waals surface area contributed by atoms with E-state index in [-0.39, 0.29) is 10.8 Å². The van der Waals surface area contributed by atoms with E-state index in [4.69, 9.17) is 19.6 Å². The van der Waals surface area contributed by atoms with Gasteiger partial charge in [-0.25, -0.2) is 0 Å². The third-order valence-corrected chi connectivity index (χ3v) is 9.44. The van der Waals surface area contributed by atoms with Crippen molar-refractivity contribution in [1.82, 2.24) is 0 Å². The van der Waals surface area contributed by atoms with Gasteiger partial charge in [-0.2, -0.15) is 0 Å². The summed E-state index contributed by atoms with van der Waals surface area (Å²) in [6.45, 7) is 15.1. The van der Waals surface area contributed by atoms with Crippen LogP contribution >= 0.6 is 12.7 Å². The minimum absolute atomic E-state index is 0.0200. The molecule has 0 radical (unpaired) electrons. The molecule has 162 valence electrons. The molecule has 0 aromatic heterocycles. The van der Waals surface area contributed by atoms with Gasteiger partial charge in [0.05, 0.1) is 0 Å². The first-order chi connectivity index (χ1) is 11.8. The van der Waals surface area contributed by atoms with E-state index >= 15 is 0 Å². The Labute approximate surface area is 167 Å². The normalized spacial score (nSPS) is 13.3. The Hall–Kier alpha value is -0.186. The maximum absolute atomic E-state index is 10.6. The average molecular weight is 469 g/mol. The number of phenolic OH excluding ortho intramolecular Hbond substituents is 1. The summed E-state index contributed by atoms with van der Waals surface area (Å²) in [6.07, 6.45) is -7.01. The van der Waals surface area contributed by atoms with Crippen molar-refractivity contribution in [2.45, 2.75) is 72.1 Å². The molecule has 1 aromatic rings. The molecule has 0 saturated carbocycles. The molecule has 0 aliphatic heterocycles. The quantitative estimate of drug-likeness (QED) is 0.330. The van der Waals surface area contributed by atoms with E-state index < -0.39 is 26.3 Å². The van der Waals surface area contributed by atoms with Gasteiger partial charge in [-0.05, 0) is 33.9 Å². The van der Waals surface area contributed by atoms with Gasteiger partial charge in [0.25, 0.3) is 0 Å². The number of hydrogen-bond acceptors (Lipinski definition) is 3. The molecular formula is C17H32NiO7P2. The molecule has 1 rings (SSSR count). The van der Waals surface area contributed by atoms with Crippen molar-refractivity contribution in [2.75, 3.05) is 0 Å². The monoisotopic (exact) mass is 468 g/mol. The van der Waals surface area contributed by atoms with Gasteiger partial charge in [-0.3, -0.25) is 0 Å². The second kappa shape index (κ2) is 9.54. The van der Waals surface area contributed by atoms with Crippen LogP contribution in [0.25, 0.3) is 0 Å². The Morgan fingerprint density at radius 1 is 0.852 bits per heavy atom. The number of phenols is 1. The predicted molar refractivity (Wildman–Crippen MR) is 104 cm³/mol. The van der Waals surface area contributed by atoms with Crippen LogP contribution in [0.5, 0.6) is 5.75 Å². The Kier molecular flexibility index (Phi) is 9.48. The zero-order chi connectivity index (χ0) is 21.8. The molecule has 0 heterocycles. The van der Waals surface area contributed by atoms with Crippen molar-refractivity contribution in [3.63, 3.8) is 0 Å². The fourth-order valence-electron chi connectivity index (χ4n) is 2.38. The molecule has 27 heavy (non-hydrogen) atoms. The molecule has 0 spiro atoms. The third kappa shape index (κ3) is 10.8. The van der Waals surface area contributed by atoms with E-state index in [1.165, 1.54) is 5.56 Å². The van der Waals surface area contributed by atoms with E-state index in [0.29, 0.717) is 5.75 Å². The molecule has 0 unspecified atom stereocenters. The summed E-state index contributed by atoms with van der Waals surface area (Å²) in [5.41, 5.74) is 3.43. The third-order valence-electron chi connectivity index (χ3n) is 3.49. The van der Waals surface area contributed by atoms with Crippen molar-refractivity contribution >= 4 is 12.7 Å². The van der Waals surface area contributed by atoms with Gasteiger partial charge < -0.3 is 5.11 Å². The molecule has 10 heteroatoms. The zero-order valence-corrected chi connectivity index (χ0v) is 19.6. The van der Waals surface area contributed by atoms with Crippen molar-refractivity contribution in [3.05, 3.63) is 28.8 Å². The molecule has 1 aromatic carbocycles. The minimum atomic E-state index is -4.61. The van der Waals surface area contributed by atoms with Gasteiger partial charge in [0, 0.05) is 0 Å². The number of aryl methyl sites for hydroxylation is 1. The summed E-state index contributed by atoms with van der Waals surface area (Å²) in [6, 6.07) is 4.35. The molecule has 5 N–H and O–H groups in total. The van der Waals surface area contributed by atoms with Gasteiger partial charge >= 0.3 is 55.0 Å². The predicted octanol–water partition coefficient (Wildman–Crippen LogP) is 4.19. The molecule has 0 bridgehead atoms. The summed E-state index contributed by atoms with van der Waals surface area (Å²) in [4.78, 5) is 31.8. The van der Waals surface area contributed by atoms with Gasteiger partial charge in [0.15, 0.2) is 0 Å². The van der Waals surface area contributed by atoms with Crippen LogP contribution in [0, 0.1) is 0 Å². The molecule has 0 aliphatic carbocycles. The average Bonchev–Trinajstić information content (AvgIpc) is 2.34. The number of hydrogen-bond donors (Lipinski definition) is 5. The topological polar surface area (TPSA) is 135 Å². The molecular weight excluding hydrogens is 437 g/mol. The first kappa shape index (κ1) is 26.8. The van der Waals surface area contributed by atoms with Gasteiger partial charge in [0.2, 0.25) is 0 Å². The summed E-state index contributed by atoms with van der Waals surface area (Å²) < 4.78 is 19.6. The first-order valence-electron chi connectivity index (χ1n) is 8.39. The molecule has 0 aliphatic rings. The summed E-state index contributed by atoms with van der Waals surface area (Å²) in [5.74, 6) is 0.481. The second-order valence-electron chi connectivity index (χ2n) is 8.23. The van der Waals surface area contributed by atoms with Crippen LogP contribution in [0.3, 0.4) is 0 Å². The van der Waals surface area contributed by atoms with E-state index in [1.807, 2.05) is 0 Å². The summed E-state index contributed by atoms with van der Waals surface area (Å²) in [5, 5.41) is 10.6. The molecule has 0 atom stereocenters. The molecule has 0 amide bonds. The Morgan fingerprint density at radius 3 is 1.37 bits per heavy atom. The standard InChI is InChI=1S/C17H28O.Ni.2HO3P/c1-8-9-12-10-13(16(2,3)4)15(18)14(11-12)17(5,6)7;;2*1-4(2)3/h10-11,18H,8-9H2,1-7H3;;2*(H-,1,2,3)/q;-2;;/p+2. The molecule has 0 fully saturated rings. The van der Waals surface area contributed by atoms with E-state index in [0.717, 1.165) is 24.0 Å². The van der Waals surface area contributed by atoms with Crippen LogP contribution < -0.4 is 0 Å². The van der Waals surface area contributed by atoms with E-state index in [9.17, 15) is 14.2 Å². The fraction of sp³-hybridized carbons (Fsp3) is 0.647. The SMILES string of the molecule is CCCc1cc(C(C)(C)C)c(O)c(C(C)(C)C)c1.O=[P](O)(O)[Ni][P](=O)(O)O. The number of rotatable bonds is 4. The van der Waals surface area contributed by atoms with Crippen LogP contribution in [0.15, 0.2) is 12.1 Å². The fourth-order valence-corrected chi connectivity index (χ4v) is 6.25. The van der Waals surface area contributed by atoms with Crippen molar-refractivity contribution in [3.8, 4) is 5.75 Å². The van der Waals surface area contributed by atoms with Crippen LogP contribution in [0.4, 0.5) is 0 Å². The second-order valence-corrected chi connectivity index (χ2v) is 15.7. The van der Waals surface area contributed by atoms with Crippen LogP contribution in [-0.4, -0.2) is 24.7 Å². The van der Waals surface area contributed by atoms with Crippen LogP contribution in [0.1, 0.15) is 71.6 Å².